The molecule has 24 heavy (non-hydrogen) atoms. The number of halogens is 3. The standard InChI is InChI=1S/C16H15F3N2O2S/c1-3-21(15(23)16(17,18)19)11-6-7-12(10(2)9-11)20-14(22)13-5-4-8-24-13/h4-9H,3H2,1-2H3,(H,20,22). The SMILES string of the molecule is CCN(C(=O)C(F)(F)F)c1ccc(NC(=O)c2cccs2)c(C)c1. The number of rotatable bonds is 4. The van der Waals surface area contributed by atoms with Gasteiger partial charge < -0.3 is 10.2 Å². The van der Waals surface area contributed by atoms with Crippen molar-refractivity contribution < 1.29 is 22.8 Å². The minimum absolute atomic E-state index is 0.112. The van der Waals surface area contributed by atoms with Gasteiger partial charge in [0.1, 0.15) is 0 Å². The maximum Gasteiger partial charge on any atom is 0.471 e. The summed E-state index contributed by atoms with van der Waals surface area (Å²) in [5.41, 5.74) is 1.17. The molecule has 1 aromatic heterocycles. The Morgan fingerprint density at radius 3 is 2.46 bits per heavy atom. The van der Waals surface area contributed by atoms with Crippen LogP contribution in [0.2, 0.25) is 0 Å². The molecule has 8 heteroatoms. The summed E-state index contributed by atoms with van der Waals surface area (Å²) in [4.78, 5) is 24.7. The van der Waals surface area contributed by atoms with Gasteiger partial charge in [-0.2, -0.15) is 13.2 Å². The Balaban J connectivity index is 2.22. The van der Waals surface area contributed by atoms with Crippen LogP contribution in [0.15, 0.2) is 35.7 Å². The molecule has 1 N–H and O–H groups in total. The van der Waals surface area contributed by atoms with Gasteiger partial charge in [-0.25, -0.2) is 0 Å². The van der Waals surface area contributed by atoms with E-state index in [0.717, 1.165) is 0 Å². The molecule has 4 nitrogen and oxygen atoms in total. The number of carbonyl (C=O) groups excluding carboxylic acids is 2. The van der Waals surface area contributed by atoms with Gasteiger partial charge in [0.25, 0.3) is 5.91 Å². The van der Waals surface area contributed by atoms with Crippen LogP contribution in [0.3, 0.4) is 0 Å². The highest BCUT2D eigenvalue weighted by atomic mass is 32.1. The number of hydrogen-bond acceptors (Lipinski definition) is 3. The van der Waals surface area contributed by atoms with Crippen molar-refractivity contribution in [1.82, 2.24) is 0 Å². The van der Waals surface area contributed by atoms with Crippen molar-refractivity contribution in [2.24, 2.45) is 0 Å². The molecule has 0 spiro atoms. The number of anilines is 2. The van der Waals surface area contributed by atoms with E-state index in [1.165, 1.54) is 36.5 Å². The average Bonchev–Trinajstić information content (AvgIpc) is 3.04. The summed E-state index contributed by atoms with van der Waals surface area (Å²) < 4.78 is 37.9. The predicted molar refractivity (Wildman–Crippen MR) is 87.5 cm³/mol. The lowest BCUT2D eigenvalue weighted by atomic mass is 10.1. The number of aryl methyl sites for hydroxylation is 1. The fourth-order valence-electron chi connectivity index (χ4n) is 2.14. The van der Waals surface area contributed by atoms with Gasteiger partial charge in [0, 0.05) is 17.9 Å². The molecular weight excluding hydrogens is 341 g/mol. The van der Waals surface area contributed by atoms with Crippen molar-refractivity contribution in [3.8, 4) is 0 Å². The van der Waals surface area contributed by atoms with Crippen molar-refractivity contribution in [2.75, 3.05) is 16.8 Å². The number of nitrogens with one attached hydrogen (secondary N) is 1. The first-order valence-electron chi connectivity index (χ1n) is 7.08. The molecule has 0 aliphatic rings. The van der Waals surface area contributed by atoms with Crippen LogP contribution in [-0.2, 0) is 4.79 Å². The van der Waals surface area contributed by atoms with Crippen molar-refractivity contribution in [2.45, 2.75) is 20.0 Å². The molecule has 0 aliphatic heterocycles. The van der Waals surface area contributed by atoms with Crippen LogP contribution in [0.1, 0.15) is 22.2 Å². The van der Waals surface area contributed by atoms with Crippen molar-refractivity contribution in [3.63, 3.8) is 0 Å². The topological polar surface area (TPSA) is 49.4 Å². The highest BCUT2D eigenvalue weighted by molar-refractivity contribution is 7.12. The van der Waals surface area contributed by atoms with Crippen LogP contribution in [-0.4, -0.2) is 24.5 Å². The summed E-state index contributed by atoms with van der Waals surface area (Å²) in [6, 6.07) is 7.73. The number of carbonyl (C=O) groups is 2. The van der Waals surface area contributed by atoms with Crippen LogP contribution in [0, 0.1) is 6.92 Å². The molecule has 0 aliphatic carbocycles. The van der Waals surface area contributed by atoms with Gasteiger partial charge in [0.05, 0.1) is 4.88 Å². The summed E-state index contributed by atoms with van der Waals surface area (Å²) in [6.45, 7) is 3.00. The van der Waals surface area contributed by atoms with Crippen LogP contribution < -0.4 is 10.2 Å². The lowest BCUT2D eigenvalue weighted by Crippen LogP contribution is -2.41. The van der Waals surface area contributed by atoms with Crippen molar-refractivity contribution in [1.29, 1.82) is 0 Å². The van der Waals surface area contributed by atoms with Gasteiger partial charge in [0.2, 0.25) is 0 Å². The van der Waals surface area contributed by atoms with E-state index in [1.807, 2.05) is 0 Å². The second-order valence-corrected chi connectivity index (χ2v) is 5.93. The lowest BCUT2D eigenvalue weighted by Gasteiger charge is -2.23. The molecule has 0 bridgehead atoms. The van der Waals surface area contributed by atoms with E-state index in [2.05, 4.69) is 5.32 Å². The second kappa shape index (κ2) is 7.04. The summed E-state index contributed by atoms with van der Waals surface area (Å²) in [5, 5.41) is 4.47. The van der Waals surface area contributed by atoms with E-state index < -0.39 is 12.1 Å². The van der Waals surface area contributed by atoms with Crippen LogP contribution >= 0.6 is 11.3 Å². The van der Waals surface area contributed by atoms with E-state index in [4.69, 9.17) is 0 Å². The van der Waals surface area contributed by atoms with Gasteiger partial charge in [-0.3, -0.25) is 9.59 Å². The quantitative estimate of drug-likeness (QED) is 0.891. The zero-order valence-corrected chi connectivity index (χ0v) is 13.8. The molecule has 0 unspecified atom stereocenters. The molecule has 0 fully saturated rings. The molecule has 0 atom stereocenters. The number of alkyl halides is 3. The average molecular weight is 356 g/mol. The zero-order chi connectivity index (χ0) is 17.9. The third-order valence-electron chi connectivity index (χ3n) is 3.32. The molecule has 1 heterocycles. The number of thiophene rings is 1. The Kier molecular flexibility index (Phi) is 5.28. The smallest absolute Gasteiger partial charge is 0.321 e. The number of hydrogen-bond donors (Lipinski definition) is 1. The third-order valence-corrected chi connectivity index (χ3v) is 4.19. The van der Waals surface area contributed by atoms with Gasteiger partial charge in [-0.1, -0.05) is 6.07 Å². The number of amides is 2. The predicted octanol–water partition coefficient (Wildman–Crippen LogP) is 4.22. The highest BCUT2D eigenvalue weighted by Crippen LogP contribution is 2.27. The molecule has 0 radical (unpaired) electrons. The van der Waals surface area contributed by atoms with Crippen molar-refractivity contribution in [3.05, 3.63) is 46.2 Å². The molecule has 128 valence electrons. The van der Waals surface area contributed by atoms with Crippen LogP contribution in [0.5, 0.6) is 0 Å². The van der Waals surface area contributed by atoms with E-state index in [1.54, 1.807) is 24.4 Å². The summed E-state index contributed by atoms with van der Waals surface area (Å²) in [5.74, 6) is -2.21. The molecule has 2 amide bonds. The summed E-state index contributed by atoms with van der Waals surface area (Å²) in [7, 11) is 0. The number of nitrogens with zero attached hydrogens (tertiary/aromatic N) is 1. The van der Waals surface area contributed by atoms with Crippen LogP contribution in [0.4, 0.5) is 24.5 Å². The molecule has 2 rings (SSSR count). The van der Waals surface area contributed by atoms with Crippen molar-refractivity contribution >= 4 is 34.5 Å². The summed E-state index contributed by atoms with van der Waals surface area (Å²) in [6.07, 6.45) is -4.93. The molecule has 0 saturated carbocycles. The van der Waals surface area contributed by atoms with E-state index in [-0.39, 0.29) is 18.1 Å². The molecule has 0 saturated heterocycles. The largest absolute Gasteiger partial charge is 0.471 e. The minimum atomic E-state index is -4.93. The minimum Gasteiger partial charge on any atom is -0.321 e. The fraction of sp³-hybridized carbons (Fsp3) is 0.250. The highest BCUT2D eigenvalue weighted by Gasteiger charge is 2.42. The van der Waals surface area contributed by atoms with Gasteiger partial charge in [-0.05, 0) is 49.1 Å². The van der Waals surface area contributed by atoms with Gasteiger partial charge in [-0.15, -0.1) is 11.3 Å². The Morgan fingerprint density at radius 1 is 1.25 bits per heavy atom. The Hall–Kier alpha value is -2.35. The normalized spacial score (nSPS) is 11.2. The first kappa shape index (κ1) is 18.0. The Bertz CT molecular complexity index is 742. The van der Waals surface area contributed by atoms with Gasteiger partial charge >= 0.3 is 12.1 Å². The van der Waals surface area contributed by atoms with E-state index in [0.29, 0.717) is 21.0 Å². The third kappa shape index (κ3) is 3.94. The fourth-order valence-corrected chi connectivity index (χ4v) is 2.76. The lowest BCUT2D eigenvalue weighted by molar-refractivity contribution is -0.170. The van der Waals surface area contributed by atoms with Gasteiger partial charge in [0.15, 0.2) is 0 Å². The molecular formula is C16H15F3N2O2S. The zero-order valence-electron chi connectivity index (χ0n) is 13.0. The second-order valence-electron chi connectivity index (χ2n) is 4.98. The van der Waals surface area contributed by atoms with E-state index >= 15 is 0 Å². The Morgan fingerprint density at radius 2 is 1.96 bits per heavy atom. The maximum absolute atomic E-state index is 12.6. The number of benzene rings is 1. The molecule has 1 aromatic carbocycles. The Labute approximate surface area is 140 Å². The first-order chi connectivity index (χ1) is 11.2. The monoisotopic (exact) mass is 356 g/mol. The molecule has 2 aromatic rings. The van der Waals surface area contributed by atoms with E-state index in [9.17, 15) is 22.8 Å². The first-order valence-corrected chi connectivity index (χ1v) is 7.96. The van der Waals surface area contributed by atoms with Crippen LogP contribution in [0.25, 0.3) is 0 Å². The maximum atomic E-state index is 12.6. The summed E-state index contributed by atoms with van der Waals surface area (Å²) >= 11 is 1.28.